The van der Waals surface area contributed by atoms with Crippen LogP contribution in [-0.4, -0.2) is 15.0 Å². The van der Waals surface area contributed by atoms with E-state index in [4.69, 9.17) is 28.8 Å². The Kier molecular flexibility index (Phi) is 9.72. The molecular formula is C63H39N3O3. The molecule has 324 valence electrons. The lowest BCUT2D eigenvalue weighted by atomic mass is 9.90. The maximum atomic E-state index is 6.35. The number of hydrogen-bond acceptors (Lipinski definition) is 6. The van der Waals surface area contributed by atoms with E-state index in [1.165, 1.54) is 22.3 Å². The number of ether oxygens (including phenoxy) is 2. The van der Waals surface area contributed by atoms with E-state index >= 15 is 0 Å². The Labute approximate surface area is 398 Å². The van der Waals surface area contributed by atoms with E-state index in [9.17, 15) is 0 Å². The van der Waals surface area contributed by atoms with Gasteiger partial charge in [-0.05, 0) is 128 Å². The first-order chi connectivity index (χ1) is 34.1. The molecule has 0 spiro atoms. The van der Waals surface area contributed by atoms with Crippen molar-refractivity contribution >= 4 is 21.9 Å². The van der Waals surface area contributed by atoms with Crippen LogP contribution in [-0.2, 0) is 0 Å². The molecule has 1 aliphatic rings. The van der Waals surface area contributed by atoms with Crippen molar-refractivity contribution in [1.82, 2.24) is 15.0 Å². The van der Waals surface area contributed by atoms with Gasteiger partial charge in [0, 0.05) is 33.5 Å². The zero-order valence-corrected chi connectivity index (χ0v) is 37.1. The van der Waals surface area contributed by atoms with Gasteiger partial charge in [0.25, 0.3) is 0 Å². The van der Waals surface area contributed by atoms with Crippen molar-refractivity contribution in [3.8, 4) is 113 Å². The third-order valence-corrected chi connectivity index (χ3v) is 12.7. The maximum Gasteiger partial charge on any atom is 0.173 e. The normalized spacial score (nSPS) is 11.7. The fraction of sp³-hybridized carbons (Fsp3) is 0. The number of nitrogens with zero attached hydrogens (tertiary/aromatic N) is 3. The second-order valence-corrected chi connectivity index (χ2v) is 17.2. The number of aromatic nitrogens is 3. The molecule has 0 aliphatic carbocycles. The predicted octanol–water partition coefficient (Wildman–Crippen LogP) is 17.0. The minimum absolute atomic E-state index is 0.554. The van der Waals surface area contributed by atoms with Gasteiger partial charge in [0.05, 0.1) is 0 Å². The van der Waals surface area contributed by atoms with Crippen molar-refractivity contribution in [1.29, 1.82) is 0 Å². The Morgan fingerprint density at radius 3 is 1.03 bits per heavy atom. The zero-order valence-electron chi connectivity index (χ0n) is 37.1. The topological polar surface area (TPSA) is 70.3 Å². The molecule has 0 N–H and O–H groups in total. The molecule has 3 heterocycles. The van der Waals surface area contributed by atoms with E-state index in [1.54, 1.807) is 0 Å². The van der Waals surface area contributed by atoms with E-state index in [0.29, 0.717) is 46.1 Å². The second kappa shape index (κ2) is 16.8. The first-order valence-corrected chi connectivity index (χ1v) is 23.0. The molecule has 0 radical (unpaired) electrons. The van der Waals surface area contributed by atoms with Gasteiger partial charge in [0.15, 0.2) is 40.5 Å². The highest BCUT2D eigenvalue weighted by Crippen LogP contribution is 2.48. The van der Waals surface area contributed by atoms with E-state index < -0.39 is 0 Å². The lowest BCUT2D eigenvalue weighted by molar-refractivity contribution is 0.360. The Morgan fingerprint density at radius 1 is 0.217 bits per heavy atom. The van der Waals surface area contributed by atoms with Crippen molar-refractivity contribution in [3.05, 3.63) is 237 Å². The molecule has 2 aromatic heterocycles. The Morgan fingerprint density at radius 2 is 0.551 bits per heavy atom. The third kappa shape index (κ3) is 7.66. The summed E-state index contributed by atoms with van der Waals surface area (Å²) in [5.41, 5.74) is 15.5. The van der Waals surface area contributed by atoms with E-state index in [0.717, 1.165) is 66.4 Å². The second-order valence-electron chi connectivity index (χ2n) is 17.2. The molecule has 0 saturated heterocycles. The smallest absolute Gasteiger partial charge is 0.173 e. The molecule has 0 unspecified atom stereocenters. The van der Waals surface area contributed by atoms with Crippen LogP contribution in [0.2, 0.25) is 0 Å². The fourth-order valence-corrected chi connectivity index (χ4v) is 9.25. The molecule has 0 bridgehead atoms. The van der Waals surface area contributed by atoms with Crippen molar-refractivity contribution in [2.45, 2.75) is 0 Å². The highest BCUT2D eigenvalue weighted by atomic mass is 16.6. The van der Waals surface area contributed by atoms with Crippen molar-refractivity contribution in [2.24, 2.45) is 0 Å². The number of benzene rings is 10. The largest absolute Gasteiger partial charge is 0.456 e. The van der Waals surface area contributed by atoms with Crippen LogP contribution in [0.5, 0.6) is 23.0 Å². The van der Waals surface area contributed by atoms with Gasteiger partial charge in [-0.1, -0.05) is 158 Å². The van der Waals surface area contributed by atoms with Crippen LogP contribution in [0, 0.1) is 0 Å². The van der Waals surface area contributed by atoms with Gasteiger partial charge in [-0.15, -0.1) is 0 Å². The summed E-state index contributed by atoms with van der Waals surface area (Å²) in [7, 11) is 0. The minimum Gasteiger partial charge on any atom is -0.456 e. The van der Waals surface area contributed by atoms with Gasteiger partial charge in [-0.3, -0.25) is 0 Å². The molecule has 0 amide bonds. The Balaban J connectivity index is 0.899. The van der Waals surface area contributed by atoms with Crippen LogP contribution in [0.3, 0.4) is 0 Å². The molecule has 6 heteroatoms. The van der Waals surface area contributed by atoms with Gasteiger partial charge in [0.2, 0.25) is 0 Å². The van der Waals surface area contributed by atoms with Crippen LogP contribution >= 0.6 is 0 Å². The summed E-state index contributed by atoms with van der Waals surface area (Å²) in [6.07, 6.45) is 0. The molecule has 13 rings (SSSR count). The summed E-state index contributed by atoms with van der Waals surface area (Å²) < 4.78 is 18.8. The summed E-state index contributed by atoms with van der Waals surface area (Å²) in [5.74, 6) is 4.29. The predicted molar refractivity (Wildman–Crippen MR) is 277 cm³/mol. The molecule has 6 nitrogen and oxygen atoms in total. The maximum absolute atomic E-state index is 6.35. The van der Waals surface area contributed by atoms with Gasteiger partial charge in [-0.2, -0.15) is 0 Å². The molecular weight excluding hydrogens is 847 g/mol. The summed E-state index contributed by atoms with van der Waals surface area (Å²) in [5, 5.41) is 1.82. The lowest BCUT2D eigenvalue weighted by Gasteiger charge is -2.20. The van der Waals surface area contributed by atoms with Crippen LogP contribution in [0.1, 0.15) is 0 Å². The van der Waals surface area contributed by atoms with Gasteiger partial charge < -0.3 is 13.9 Å². The van der Waals surface area contributed by atoms with Crippen molar-refractivity contribution in [3.63, 3.8) is 0 Å². The number of para-hydroxylation sites is 2. The fourth-order valence-electron chi connectivity index (χ4n) is 9.25. The van der Waals surface area contributed by atoms with Gasteiger partial charge in [0.1, 0.15) is 11.2 Å². The number of hydrogen-bond donors (Lipinski definition) is 0. The molecule has 10 aromatic carbocycles. The summed E-state index contributed by atoms with van der Waals surface area (Å²) >= 11 is 0. The Bertz CT molecular complexity index is 3820. The lowest BCUT2D eigenvalue weighted by Crippen LogP contribution is -2.00. The number of rotatable bonds is 8. The van der Waals surface area contributed by atoms with Crippen molar-refractivity contribution in [2.75, 3.05) is 0 Å². The third-order valence-electron chi connectivity index (χ3n) is 12.7. The quantitative estimate of drug-likeness (QED) is 0.151. The SMILES string of the molecule is c1ccc(-c2cc(-c3ccccc3)cc(-c3cc(-c4ccccc4)cc(-c4ccc(-c5nc(-c6ccccc6)nc(-c6ccc7oc8cc9c(cc8c7c6)Oc6ccccc6O9)n5)cc4)c3)c2)cc1. The van der Waals surface area contributed by atoms with E-state index in [-0.39, 0.29) is 0 Å². The standard InChI is InChI=1S/C63H39N3O3/c1-5-15-40(16-6-1)47-31-48(41-17-7-2-8-18-41)34-51(33-47)52-35-49(42-19-9-3-10-20-42)32-50(36-52)43-25-27-45(28-26-43)62-64-61(44-21-11-4-12-22-44)65-63(66-62)46-29-30-55-53(37-46)54-38-59-60(39-58(54)67-55)69-57-24-14-13-23-56(57)68-59/h1-39H. The molecule has 1 aliphatic heterocycles. The number of fused-ring (bicyclic) bond motifs is 5. The number of furan rings is 1. The average Bonchev–Trinajstić information content (AvgIpc) is 3.78. The summed E-state index contributed by atoms with van der Waals surface area (Å²) in [4.78, 5) is 15.3. The molecule has 0 saturated carbocycles. The van der Waals surface area contributed by atoms with Gasteiger partial charge >= 0.3 is 0 Å². The van der Waals surface area contributed by atoms with Crippen molar-refractivity contribution < 1.29 is 13.9 Å². The molecule has 0 atom stereocenters. The summed E-state index contributed by atoms with van der Waals surface area (Å²) in [6.45, 7) is 0. The molecule has 0 fully saturated rings. The molecule has 12 aromatic rings. The highest BCUT2D eigenvalue weighted by molar-refractivity contribution is 6.07. The summed E-state index contributed by atoms with van der Waals surface area (Å²) in [6, 6.07) is 81.8. The van der Waals surface area contributed by atoms with Crippen LogP contribution in [0.15, 0.2) is 241 Å². The Hall–Kier alpha value is -9.39. The monoisotopic (exact) mass is 885 g/mol. The first-order valence-electron chi connectivity index (χ1n) is 23.0. The zero-order chi connectivity index (χ0) is 45.7. The first kappa shape index (κ1) is 39.9. The highest BCUT2D eigenvalue weighted by Gasteiger charge is 2.22. The van der Waals surface area contributed by atoms with E-state index in [1.807, 2.05) is 78.9 Å². The van der Waals surface area contributed by atoms with Crippen LogP contribution in [0.25, 0.3) is 112 Å². The minimum atomic E-state index is 0.554. The van der Waals surface area contributed by atoms with Crippen LogP contribution < -0.4 is 9.47 Å². The van der Waals surface area contributed by atoms with Crippen LogP contribution in [0.4, 0.5) is 0 Å². The van der Waals surface area contributed by atoms with Gasteiger partial charge in [-0.25, -0.2) is 15.0 Å². The average molecular weight is 886 g/mol. The van der Waals surface area contributed by atoms with E-state index in [2.05, 4.69) is 158 Å². The molecule has 69 heavy (non-hydrogen) atoms.